The molecule has 1 aliphatic heterocycles. The van der Waals surface area contributed by atoms with Crippen molar-refractivity contribution in [2.75, 3.05) is 44.4 Å². The number of nitrogens with zero attached hydrogens (tertiary/aromatic N) is 2. The van der Waals surface area contributed by atoms with Crippen LogP contribution in [0.2, 0.25) is 0 Å². The van der Waals surface area contributed by atoms with Crippen LogP contribution < -0.4 is 9.47 Å². The van der Waals surface area contributed by atoms with E-state index in [0.717, 1.165) is 42.3 Å². The number of aryl methyl sites for hydroxylation is 2. The lowest BCUT2D eigenvalue weighted by Crippen LogP contribution is -2.35. The summed E-state index contributed by atoms with van der Waals surface area (Å²) in [4.78, 5) is 19.6. The summed E-state index contributed by atoms with van der Waals surface area (Å²) in [7, 11) is 0. The van der Waals surface area contributed by atoms with Gasteiger partial charge in [-0.05, 0) is 49.4 Å². The van der Waals surface area contributed by atoms with Crippen LogP contribution in [0.3, 0.4) is 0 Å². The number of aromatic nitrogens is 1. The van der Waals surface area contributed by atoms with Crippen LogP contribution in [-0.4, -0.2) is 60.0 Å². The van der Waals surface area contributed by atoms with Crippen molar-refractivity contribution in [3.8, 4) is 11.5 Å². The van der Waals surface area contributed by atoms with Crippen molar-refractivity contribution in [2.24, 2.45) is 0 Å². The molecule has 2 heterocycles. The molecule has 1 aromatic heterocycles. The highest BCUT2D eigenvalue weighted by atomic mass is 32.2. The molecule has 0 spiro atoms. The summed E-state index contributed by atoms with van der Waals surface area (Å²) in [5, 5.41) is 0. The van der Waals surface area contributed by atoms with Crippen molar-refractivity contribution < 1.29 is 23.1 Å². The van der Waals surface area contributed by atoms with Crippen LogP contribution in [-0.2, 0) is 0 Å². The van der Waals surface area contributed by atoms with E-state index >= 15 is 0 Å². The Hall–Kier alpha value is -2.58. The van der Waals surface area contributed by atoms with E-state index in [2.05, 4.69) is 16.8 Å². The summed E-state index contributed by atoms with van der Waals surface area (Å²) in [5.74, 6) is 3.44. The molecule has 0 N–H and O–H groups in total. The molecular formula is C27H33FN2O4S. The van der Waals surface area contributed by atoms with Crippen molar-refractivity contribution in [3.05, 3.63) is 52.7 Å². The molecule has 6 nitrogen and oxygen atoms in total. The highest BCUT2D eigenvalue weighted by Gasteiger charge is 2.27. The Morgan fingerprint density at radius 1 is 1.14 bits per heavy atom. The van der Waals surface area contributed by atoms with Crippen LogP contribution in [0.5, 0.6) is 11.5 Å². The number of hydrogen-bond acceptors (Lipinski definition) is 7. The van der Waals surface area contributed by atoms with Gasteiger partial charge in [0, 0.05) is 38.1 Å². The number of fused-ring (bicyclic) bond motifs is 1. The second-order valence-electron chi connectivity index (χ2n) is 9.02. The third-order valence-electron chi connectivity index (χ3n) is 6.45. The summed E-state index contributed by atoms with van der Waals surface area (Å²) >= 11 is 1.97. The van der Waals surface area contributed by atoms with Gasteiger partial charge in [0.1, 0.15) is 17.9 Å². The van der Waals surface area contributed by atoms with E-state index in [1.54, 1.807) is 19.1 Å². The Bertz CT molecular complexity index is 1170. The van der Waals surface area contributed by atoms with E-state index in [9.17, 15) is 9.18 Å². The second-order valence-corrected chi connectivity index (χ2v) is 10.2. The van der Waals surface area contributed by atoms with Crippen LogP contribution in [0, 0.1) is 19.7 Å². The molecule has 1 atom stereocenters. The van der Waals surface area contributed by atoms with Crippen LogP contribution in [0.1, 0.15) is 53.6 Å². The largest absolute Gasteiger partial charge is 0.487 e. The molecule has 0 aliphatic carbocycles. The van der Waals surface area contributed by atoms with Gasteiger partial charge < -0.3 is 13.9 Å². The number of benzene rings is 2. The van der Waals surface area contributed by atoms with Gasteiger partial charge in [-0.15, -0.1) is 0 Å². The van der Waals surface area contributed by atoms with Gasteiger partial charge >= 0.3 is 0 Å². The number of carbonyl (C=O) groups excluding carboxylic acids is 1. The molecule has 1 fully saturated rings. The van der Waals surface area contributed by atoms with Gasteiger partial charge in [-0.2, -0.15) is 11.8 Å². The fourth-order valence-electron chi connectivity index (χ4n) is 4.43. The maximum Gasteiger partial charge on any atom is 0.207 e. The summed E-state index contributed by atoms with van der Waals surface area (Å²) in [6.07, 6.45) is 0.703. The fraction of sp³-hybridized carbons (Fsp3) is 0.481. The third kappa shape index (κ3) is 5.98. The lowest BCUT2D eigenvalue weighted by molar-refractivity contribution is 0.101. The van der Waals surface area contributed by atoms with Crippen molar-refractivity contribution in [1.82, 2.24) is 9.88 Å². The Morgan fingerprint density at radius 3 is 2.51 bits per heavy atom. The quantitative estimate of drug-likeness (QED) is 0.327. The Balaban J connectivity index is 1.58. The van der Waals surface area contributed by atoms with Gasteiger partial charge in [0.15, 0.2) is 17.4 Å². The zero-order valence-corrected chi connectivity index (χ0v) is 21.7. The first kappa shape index (κ1) is 25.5. The fourth-order valence-corrected chi connectivity index (χ4v) is 5.41. The van der Waals surface area contributed by atoms with Crippen LogP contribution >= 0.6 is 11.8 Å². The minimum atomic E-state index is -0.248. The smallest absolute Gasteiger partial charge is 0.207 e. The molecule has 0 radical (unpaired) electrons. The van der Waals surface area contributed by atoms with Crippen molar-refractivity contribution in [1.29, 1.82) is 0 Å². The number of Topliss-reactive ketones (excluding diaryl/α,β-unsaturated/α-hetero) is 1. The molecule has 2 aromatic carbocycles. The van der Waals surface area contributed by atoms with E-state index in [-0.39, 0.29) is 17.5 Å². The lowest BCUT2D eigenvalue weighted by atomic mass is 9.98. The zero-order valence-electron chi connectivity index (χ0n) is 20.9. The van der Waals surface area contributed by atoms with Crippen LogP contribution in [0.25, 0.3) is 11.1 Å². The second kappa shape index (κ2) is 11.4. The topological polar surface area (TPSA) is 64.8 Å². The van der Waals surface area contributed by atoms with Crippen LogP contribution in [0.15, 0.2) is 28.7 Å². The van der Waals surface area contributed by atoms with E-state index in [1.165, 1.54) is 19.1 Å². The minimum absolute atomic E-state index is 0.0982. The number of thioether (sulfide) groups is 1. The molecule has 8 heteroatoms. The predicted molar refractivity (Wildman–Crippen MR) is 138 cm³/mol. The maximum atomic E-state index is 13.3. The number of rotatable bonds is 10. The zero-order chi connectivity index (χ0) is 24.9. The highest BCUT2D eigenvalue weighted by molar-refractivity contribution is 7.99. The van der Waals surface area contributed by atoms with Crippen molar-refractivity contribution >= 4 is 28.6 Å². The number of hydrogen-bond donors (Lipinski definition) is 0. The average molecular weight is 501 g/mol. The summed E-state index contributed by atoms with van der Waals surface area (Å²) < 4.78 is 31.7. The van der Waals surface area contributed by atoms with Crippen molar-refractivity contribution in [3.63, 3.8) is 0 Å². The number of carbonyl (C=O) groups is 1. The number of ketones is 1. The summed E-state index contributed by atoms with van der Waals surface area (Å²) in [5.41, 5.74) is 3.39. The molecule has 0 saturated carbocycles. The van der Waals surface area contributed by atoms with E-state index in [1.807, 2.05) is 18.7 Å². The molecule has 35 heavy (non-hydrogen) atoms. The molecule has 1 aliphatic rings. The third-order valence-corrected chi connectivity index (χ3v) is 7.39. The lowest BCUT2D eigenvalue weighted by Gasteiger charge is -2.26. The van der Waals surface area contributed by atoms with E-state index < -0.39 is 0 Å². The van der Waals surface area contributed by atoms with Gasteiger partial charge in [0.05, 0.1) is 12.2 Å². The van der Waals surface area contributed by atoms with E-state index in [4.69, 9.17) is 13.9 Å². The van der Waals surface area contributed by atoms with Crippen molar-refractivity contribution in [2.45, 2.75) is 40.0 Å². The first-order valence-electron chi connectivity index (χ1n) is 12.1. The molecule has 3 aromatic rings. The molecule has 1 saturated heterocycles. The minimum Gasteiger partial charge on any atom is -0.487 e. The summed E-state index contributed by atoms with van der Waals surface area (Å²) in [6, 6.07) is 6.54. The molecule has 0 amide bonds. The normalized spacial score (nSPS) is 15.3. The van der Waals surface area contributed by atoms with Gasteiger partial charge in [-0.3, -0.25) is 9.69 Å². The Kier molecular flexibility index (Phi) is 8.34. The first-order valence-corrected chi connectivity index (χ1v) is 13.3. The summed E-state index contributed by atoms with van der Waals surface area (Å²) in [6.45, 7) is 11.0. The number of oxazole rings is 1. The van der Waals surface area contributed by atoms with Gasteiger partial charge in [0.2, 0.25) is 11.3 Å². The molecule has 188 valence electrons. The molecule has 4 rings (SSSR count). The Labute approximate surface area is 210 Å². The predicted octanol–water partition coefficient (Wildman–Crippen LogP) is 5.79. The number of ether oxygens (including phenoxy) is 2. The first-order chi connectivity index (χ1) is 16.8. The van der Waals surface area contributed by atoms with Gasteiger partial charge in [-0.25, -0.2) is 9.37 Å². The Morgan fingerprint density at radius 2 is 1.83 bits per heavy atom. The SMILES string of the molecule is CC(=O)c1c(OCCN2CCSCC2)c(OCCC(C)c2ccc(F)cc2)c2oc(C)nc2c1C. The van der Waals surface area contributed by atoms with Crippen LogP contribution in [0.4, 0.5) is 4.39 Å². The van der Waals surface area contributed by atoms with Gasteiger partial charge in [-0.1, -0.05) is 19.1 Å². The molecular weight excluding hydrogens is 467 g/mol. The molecule has 0 bridgehead atoms. The number of halogens is 1. The highest BCUT2D eigenvalue weighted by Crippen LogP contribution is 2.43. The standard InChI is InChI=1S/C27H33FN2O4S/c1-17(21-5-7-22(28)8-6-21)9-13-32-27-25(33-14-10-30-11-15-35-16-12-30)23(19(3)31)18(2)24-26(27)34-20(4)29-24/h5-8,17H,9-16H2,1-4H3. The monoisotopic (exact) mass is 500 g/mol. The molecule has 1 unspecified atom stereocenters. The van der Waals surface area contributed by atoms with Gasteiger partial charge in [0.25, 0.3) is 0 Å². The maximum absolute atomic E-state index is 13.3. The average Bonchev–Trinajstić information content (AvgIpc) is 3.23. The van der Waals surface area contributed by atoms with E-state index in [0.29, 0.717) is 53.7 Å².